The highest BCUT2D eigenvalue weighted by molar-refractivity contribution is 7.22. The average Bonchev–Trinajstić information content (AvgIpc) is 4.10. The van der Waals surface area contributed by atoms with Crippen molar-refractivity contribution in [2.24, 2.45) is 33.9 Å². The minimum absolute atomic E-state index is 0.0462. The molecule has 1 heterocycles. The third kappa shape index (κ3) is 18.6. The number of allylic oxidation sites excluding steroid dienone is 1. The number of esters is 7. The van der Waals surface area contributed by atoms with Gasteiger partial charge in [0.05, 0.1) is 52.3 Å². The van der Waals surface area contributed by atoms with Crippen molar-refractivity contribution < 1.29 is 76.2 Å². The van der Waals surface area contributed by atoms with E-state index in [2.05, 4.69) is 42.6 Å². The molecular formula is C62H62N4O16S. The Labute approximate surface area is 483 Å². The molecule has 2 fully saturated rings. The summed E-state index contributed by atoms with van der Waals surface area (Å²) >= 11 is 1.22. The van der Waals surface area contributed by atoms with Gasteiger partial charge in [0.15, 0.2) is 11.9 Å². The van der Waals surface area contributed by atoms with Crippen LogP contribution in [0.5, 0.6) is 28.7 Å². The van der Waals surface area contributed by atoms with Crippen molar-refractivity contribution >= 4 is 74.2 Å². The summed E-state index contributed by atoms with van der Waals surface area (Å²) in [6.07, 6.45) is 8.12. The maximum Gasteiger partial charge on any atom is 0.330 e. The van der Waals surface area contributed by atoms with Crippen LogP contribution in [-0.2, 0) is 58.9 Å². The normalized spacial score (nSPS) is 17.2. The number of aromatic nitrogens is 1. The number of benzene rings is 4. The van der Waals surface area contributed by atoms with E-state index >= 15 is 0 Å². The summed E-state index contributed by atoms with van der Waals surface area (Å²) in [5, 5.41) is 18.1. The number of hydrogen-bond acceptors (Lipinski definition) is 21. The Hall–Kier alpha value is -9.29. The molecule has 0 aliphatic heterocycles. The van der Waals surface area contributed by atoms with Crippen LogP contribution < -0.4 is 23.7 Å². The fraction of sp³-hybridized carbons (Fsp3) is 0.339. The molecule has 0 bridgehead atoms. The van der Waals surface area contributed by atoms with E-state index in [9.17, 15) is 38.8 Å². The highest BCUT2D eigenvalue weighted by Crippen LogP contribution is 2.39. The van der Waals surface area contributed by atoms with Crippen LogP contribution in [0.2, 0.25) is 0 Å². The zero-order valence-electron chi connectivity index (χ0n) is 45.5. The Bertz CT molecular complexity index is 3210. The van der Waals surface area contributed by atoms with Gasteiger partial charge in [-0.2, -0.15) is 5.26 Å². The second kappa shape index (κ2) is 31.1. The lowest BCUT2D eigenvalue weighted by Gasteiger charge is -2.26. The van der Waals surface area contributed by atoms with Gasteiger partial charge < -0.3 is 42.6 Å². The second-order valence-corrected chi connectivity index (χ2v) is 20.3. The van der Waals surface area contributed by atoms with Crippen LogP contribution in [0.3, 0.4) is 0 Å². The summed E-state index contributed by atoms with van der Waals surface area (Å²) in [7, 11) is 0. The number of fused-ring (bicyclic) bond motifs is 1. The molecule has 1 aromatic heterocycles. The van der Waals surface area contributed by atoms with Crippen molar-refractivity contribution in [3.8, 4) is 34.8 Å². The predicted octanol–water partition coefficient (Wildman–Crippen LogP) is 11.0. The van der Waals surface area contributed by atoms with Crippen LogP contribution in [0.25, 0.3) is 10.2 Å². The highest BCUT2D eigenvalue weighted by Gasteiger charge is 2.34. The molecule has 2 saturated carbocycles. The second-order valence-electron chi connectivity index (χ2n) is 19.3. The molecule has 0 saturated heterocycles. The molecule has 432 valence electrons. The molecular weight excluding hydrogens is 1090 g/mol. The maximum absolute atomic E-state index is 13.8. The molecule has 4 aromatic carbocycles. The van der Waals surface area contributed by atoms with Crippen LogP contribution >= 0.6 is 11.3 Å². The molecule has 21 heteroatoms. The molecule has 7 rings (SSSR count). The van der Waals surface area contributed by atoms with E-state index in [-0.39, 0.29) is 49.0 Å². The van der Waals surface area contributed by atoms with Crippen LogP contribution in [0.1, 0.15) is 75.3 Å². The number of carbonyl (C=O) groups is 7. The first kappa shape index (κ1) is 61.3. The van der Waals surface area contributed by atoms with Gasteiger partial charge in [0.2, 0.25) is 5.13 Å². The van der Waals surface area contributed by atoms with E-state index in [4.69, 9.17) is 47.6 Å². The van der Waals surface area contributed by atoms with Gasteiger partial charge in [0.1, 0.15) is 54.4 Å². The molecule has 2 aliphatic carbocycles. The summed E-state index contributed by atoms with van der Waals surface area (Å²) in [6.45, 7) is 13.6. The largest absolute Gasteiger partial charge is 0.490 e. The van der Waals surface area contributed by atoms with Gasteiger partial charge >= 0.3 is 41.8 Å². The summed E-state index contributed by atoms with van der Waals surface area (Å²) in [4.78, 5) is 93.2. The molecule has 20 nitrogen and oxygen atoms in total. The monoisotopic (exact) mass is 1150 g/mol. The lowest BCUT2D eigenvalue weighted by molar-refractivity contribution is -0.154. The van der Waals surface area contributed by atoms with Crippen molar-refractivity contribution in [3.63, 3.8) is 0 Å². The molecule has 0 amide bonds. The van der Waals surface area contributed by atoms with Gasteiger partial charge in [-0.25, -0.2) is 19.4 Å². The fourth-order valence-corrected chi connectivity index (χ4v) is 9.94. The Morgan fingerprint density at radius 1 is 0.578 bits per heavy atom. The molecule has 2 atom stereocenters. The Kier molecular flexibility index (Phi) is 23.0. The van der Waals surface area contributed by atoms with Crippen LogP contribution in [0.4, 0.5) is 10.8 Å². The SMILES string of the molecule is C=CCCC(COc1ccc(OC(=O)C2CCC(C(=O)OCCc3ccc(OC(=O)C4CCC(C(=O)Oc5ccc(OCC(COC(=O)C=C)OC(=O)C=C)cc5)CC4)c4nc(/N=N/c5ccc(C#N)cc5)sc34)CC2)cc1)OC(=O)C=C. The number of nitrogens with zero attached hydrogens (tertiary/aromatic N) is 4. The van der Waals surface area contributed by atoms with E-state index in [0.717, 1.165) is 23.8 Å². The van der Waals surface area contributed by atoms with Crippen molar-refractivity contribution in [1.29, 1.82) is 5.26 Å². The van der Waals surface area contributed by atoms with E-state index in [1.807, 2.05) is 0 Å². The molecule has 0 N–H and O–H groups in total. The summed E-state index contributed by atoms with van der Waals surface area (Å²) in [5.41, 5.74) is 2.09. The number of thiazole rings is 1. The van der Waals surface area contributed by atoms with Gasteiger partial charge in [0.25, 0.3) is 0 Å². The minimum atomic E-state index is -0.926. The van der Waals surface area contributed by atoms with Crippen molar-refractivity contribution in [1.82, 2.24) is 4.98 Å². The van der Waals surface area contributed by atoms with E-state index < -0.39 is 71.7 Å². The number of carbonyl (C=O) groups excluding carboxylic acids is 7. The fourth-order valence-electron chi connectivity index (χ4n) is 8.99. The molecule has 2 aliphatic rings. The number of hydrogen-bond donors (Lipinski definition) is 0. The van der Waals surface area contributed by atoms with Crippen molar-refractivity contribution in [2.75, 3.05) is 26.4 Å². The first-order chi connectivity index (χ1) is 40.2. The number of rotatable bonds is 28. The molecule has 0 spiro atoms. The van der Waals surface area contributed by atoms with E-state index in [0.29, 0.717) is 109 Å². The average molecular weight is 1150 g/mol. The van der Waals surface area contributed by atoms with E-state index in [1.165, 1.54) is 11.3 Å². The Morgan fingerprint density at radius 3 is 1.59 bits per heavy atom. The number of azo groups is 1. The first-order valence-corrected chi connectivity index (χ1v) is 27.7. The molecule has 2 unspecified atom stereocenters. The Balaban J connectivity index is 0.893. The van der Waals surface area contributed by atoms with Gasteiger partial charge in [-0.15, -0.1) is 16.8 Å². The summed E-state index contributed by atoms with van der Waals surface area (Å²) < 4.78 is 50.8. The number of nitriles is 1. The quantitative estimate of drug-likeness (QED) is 0.0112. The molecule has 5 aromatic rings. The zero-order chi connectivity index (χ0) is 59.1. The lowest BCUT2D eigenvalue weighted by atomic mass is 9.82. The standard InChI is InChI=1S/C62H62N4O16S/c1-5-9-10-50(78-54(68)7-3)36-75-46-24-28-48(29-25-46)80-59(71)42-15-13-41(14-16-42)58(70)74-34-33-40-21-32-52(56-57(40)83-62(64-56)66-65-45-22-11-39(35-63)12-23-45)82-61(73)44-19-17-43(18-20-44)60(72)81-49-30-26-47(27-31-49)76-37-51(79-55(69)8-4)38-77-53(67)6-2/h5-8,11-12,21-32,41-44,50-51H,1-4,9-10,13-20,33-34,36-38H2/b66-65+. The van der Waals surface area contributed by atoms with Gasteiger partial charge in [-0.05, 0) is 149 Å². The maximum atomic E-state index is 13.8. The molecule has 83 heavy (non-hydrogen) atoms. The summed E-state index contributed by atoms with van der Waals surface area (Å²) in [6, 6.07) is 24.8. The predicted molar refractivity (Wildman–Crippen MR) is 302 cm³/mol. The van der Waals surface area contributed by atoms with E-state index in [1.54, 1.807) is 91.0 Å². The first-order valence-electron chi connectivity index (χ1n) is 26.9. The van der Waals surface area contributed by atoms with Crippen LogP contribution in [0, 0.1) is 35.0 Å². The van der Waals surface area contributed by atoms with Crippen LogP contribution in [-0.4, -0.2) is 85.4 Å². The molecule has 0 radical (unpaired) electrons. The van der Waals surface area contributed by atoms with Gasteiger partial charge in [0, 0.05) is 24.6 Å². The van der Waals surface area contributed by atoms with Gasteiger partial charge in [-0.1, -0.05) is 43.2 Å². The third-order valence-electron chi connectivity index (χ3n) is 13.6. The lowest BCUT2D eigenvalue weighted by Crippen LogP contribution is -2.30. The zero-order valence-corrected chi connectivity index (χ0v) is 46.3. The van der Waals surface area contributed by atoms with Crippen molar-refractivity contribution in [2.45, 2.75) is 82.8 Å². The third-order valence-corrected chi connectivity index (χ3v) is 14.6. The Morgan fingerprint density at radius 2 is 1.07 bits per heavy atom. The smallest absolute Gasteiger partial charge is 0.330 e. The minimum Gasteiger partial charge on any atom is -0.490 e. The highest BCUT2D eigenvalue weighted by atomic mass is 32.1. The van der Waals surface area contributed by atoms with Gasteiger partial charge in [-0.3, -0.25) is 19.2 Å². The number of ether oxygens (including phenoxy) is 9. The van der Waals surface area contributed by atoms with Crippen LogP contribution in [0.15, 0.2) is 146 Å². The van der Waals surface area contributed by atoms with Crippen molar-refractivity contribution in [3.05, 3.63) is 147 Å². The topological polar surface area (TPSA) is 264 Å². The summed E-state index contributed by atoms with van der Waals surface area (Å²) in [5.74, 6) is -3.73.